The molecule has 0 bridgehead atoms. The first-order valence-electron chi connectivity index (χ1n) is 5.75. The van der Waals surface area contributed by atoms with Crippen LogP contribution in [0.15, 0.2) is 12.1 Å². The van der Waals surface area contributed by atoms with Crippen molar-refractivity contribution in [2.45, 2.75) is 32.6 Å². The quantitative estimate of drug-likeness (QED) is 0.787. The number of rotatable bonds is 1. The minimum absolute atomic E-state index is 0.361. The van der Waals surface area contributed by atoms with E-state index >= 15 is 0 Å². The number of carbonyl (C=O) groups is 1. The van der Waals surface area contributed by atoms with Crippen LogP contribution in [0.1, 0.15) is 40.7 Å². The Bertz CT molecular complexity index is 413. The molecule has 0 fully saturated rings. The van der Waals surface area contributed by atoms with Crippen LogP contribution in [0.25, 0.3) is 0 Å². The van der Waals surface area contributed by atoms with E-state index in [-0.39, 0.29) is 5.91 Å². The molecule has 0 atom stereocenters. The van der Waals surface area contributed by atoms with Gasteiger partial charge in [-0.1, -0.05) is 6.07 Å². The summed E-state index contributed by atoms with van der Waals surface area (Å²) in [7, 11) is 0. The van der Waals surface area contributed by atoms with E-state index in [9.17, 15) is 4.79 Å². The number of aryl methyl sites for hydroxylation is 1. The number of hydrogen-bond acceptors (Lipinski definition) is 2. The van der Waals surface area contributed by atoms with Gasteiger partial charge in [0.2, 0.25) is 5.91 Å². The van der Waals surface area contributed by atoms with E-state index in [0.717, 1.165) is 49.2 Å². The standard InChI is InChI=1S/C13H17NO2/c1-9-6-7-11(13(14)15)10-5-3-2-4-8-16-12(9)10/h6-7H,2-5,8H2,1H3,(H2,14,15). The van der Waals surface area contributed by atoms with Crippen LogP contribution in [0.4, 0.5) is 0 Å². The second-order valence-corrected chi connectivity index (χ2v) is 4.26. The van der Waals surface area contributed by atoms with Crippen LogP contribution in [0, 0.1) is 6.92 Å². The predicted octanol–water partition coefficient (Wildman–Crippen LogP) is 2.20. The van der Waals surface area contributed by atoms with Gasteiger partial charge in [-0.25, -0.2) is 0 Å². The molecule has 0 spiro atoms. The number of primary amides is 1. The van der Waals surface area contributed by atoms with E-state index in [1.165, 1.54) is 0 Å². The van der Waals surface area contributed by atoms with Gasteiger partial charge in [-0.3, -0.25) is 4.79 Å². The maximum atomic E-state index is 11.3. The topological polar surface area (TPSA) is 52.3 Å². The van der Waals surface area contributed by atoms with Gasteiger partial charge in [-0.05, 0) is 44.2 Å². The Balaban J connectivity index is 2.50. The second kappa shape index (κ2) is 4.56. The number of ether oxygens (including phenoxy) is 1. The Hall–Kier alpha value is -1.51. The number of benzene rings is 1. The summed E-state index contributed by atoms with van der Waals surface area (Å²) < 4.78 is 5.74. The molecule has 2 rings (SSSR count). The Morgan fingerprint density at radius 1 is 1.31 bits per heavy atom. The van der Waals surface area contributed by atoms with Gasteiger partial charge in [-0.15, -0.1) is 0 Å². The zero-order chi connectivity index (χ0) is 11.5. The molecule has 0 saturated heterocycles. The molecule has 0 aromatic heterocycles. The molecular formula is C13H17NO2. The Kier molecular flexibility index (Phi) is 3.13. The van der Waals surface area contributed by atoms with E-state index in [1.54, 1.807) is 0 Å². The molecule has 0 unspecified atom stereocenters. The van der Waals surface area contributed by atoms with Crippen molar-refractivity contribution in [3.05, 3.63) is 28.8 Å². The minimum Gasteiger partial charge on any atom is -0.493 e. The van der Waals surface area contributed by atoms with Crippen LogP contribution < -0.4 is 10.5 Å². The second-order valence-electron chi connectivity index (χ2n) is 4.26. The maximum Gasteiger partial charge on any atom is 0.249 e. The maximum absolute atomic E-state index is 11.3. The highest BCUT2D eigenvalue weighted by Crippen LogP contribution is 2.30. The summed E-state index contributed by atoms with van der Waals surface area (Å²) in [5.41, 5.74) is 8.07. The first-order chi connectivity index (χ1) is 7.70. The summed E-state index contributed by atoms with van der Waals surface area (Å²) in [6.45, 7) is 2.74. The van der Waals surface area contributed by atoms with Crippen molar-refractivity contribution < 1.29 is 9.53 Å². The van der Waals surface area contributed by atoms with Crippen LogP contribution in [0.5, 0.6) is 5.75 Å². The monoisotopic (exact) mass is 219 g/mol. The summed E-state index contributed by atoms with van der Waals surface area (Å²) in [6.07, 6.45) is 4.21. The van der Waals surface area contributed by atoms with Crippen molar-refractivity contribution in [1.29, 1.82) is 0 Å². The third kappa shape index (κ3) is 2.03. The van der Waals surface area contributed by atoms with Crippen molar-refractivity contribution in [2.24, 2.45) is 5.73 Å². The lowest BCUT2D eigenvalue weighted by Crippen LogP contribution is -2.16. The Labute approximate surface area is 95.6 Å². The van der Waals surface area contributed by atoms with Crippen molar-refractivity contribution in [3.63, 3.8) is 0 Å². The molecule has 86 valence electrons. The summed E-state index contributed by atoms with van der Waals surface area (Å²) in [5.74, 6) is 0.511. The number of carbonyl (C=O) groups excluding carboxylic acids is 1. The number of amides is 1. The van der Waals surface area contributed by atoms with Crippen LogP contribution >= 0.6 is 0 Å². The smallest absolute Gasteiger partial charge is 0.249 e. The minimum atomic E-state index is -0.361. The molecule has 1 heterocycles. The fraction of sp³-hybridized carbons (Fsp3) is 0.462. The Morgan fingerprint density at radius 2 is 2.12 bits per heavy atom. The molecule has 1 aromatic rings. The molecule has 1 aliphatic heterocycles. The molecule has 1 aromatic carbocycles. The molecule has 16 heavy (non-hydrogen) atoms. The van der Waals surface area contributed by atoms with Gasteiger partial charge in [-0.2, -0.15) is 0 Å². The lowest BCUT2D eigenvalue weighted by Gasteiger charge is -2.19. The average molecular weight is 219 g/mol. The highest BCUT2D eigenvalue weighted by molar-refractivity contribution is 5.95. The van der Waals surface area contributed by atoms with Crippen LogP contribution in [-0.2, 0) is 6.42 Å². The summed E-state index contributed by atoms with van der Waals surface area (Å²) in [5, 5.41) is 0. The van der Waals surface area contributed by atoms with Crippen LogP contribution in [0.3, 0.4) is 0 Å². The van der Waals surface area contributed by atoms with Gasteiger partial charge in [0, 0.05) is 11.1 Å². The van der Waals surface area contributed by atoms with E-state index in [0.29, 0.717) is 5.56 Å². The van der Waals surface area contributed by atoms with Crippen LogP contribution in [0.2, 0.25) is 0 Å². The summed E-state index contributed by atoms with van der Waals surface area (Å²) in [6, 6.07) is 3.71. The molecule has 0 radical (unpaired) electrons. The fourth-order valence-electron chi connectivity index (χ4n) is 2.18. The lowest BCUT2D eigenvalue weighted by molar-refractivity contribution is 0.0998. The average Bonchev–Trinajstić information content (AvgIpc) is 2.19. The van der Waals surface area contributed by atoms with Gasteiger partial charge < -0.3 is 10.5 Å². The summed E-state index contributed by atoms with van der Waals surface area (Å²) >= 11 is 0. The van der Waals surface area contributed by atoms with Crippen molar-refractivity contribution in [3.8, 4) is 5.75 Å². The predicted molar refractivity (Wildman–Crippen MR) is 62.7 cm³/mol. The molecule has 0 aliphatic carbocycles. The number of hydrogen-bond donors (Lipinski definition) is 1. The van der Waals surface area contributed by atoms with E-state index in [1.807, 2.05) is 19.1 Å². The molecular weight excluding hydrogens is 202 g/mol. The van der Waals surface area contributed by atoms with E-state index < -0.39 is 0 Å². The molecule has 2 N–H and O–H groups in total. The largest absolute Gasteiger partial charge is 0.493 e. The highest BCUT2D eigenvalue weighted by atomic mass is 16.5. The zero-order valence-electron chi connectivity index (χ0n) is 9.58. The van der Waals surface area contributed by atoms with E-state index in [2.05, 4.69) is 0 Å². The first-order valence-corrected chi connectivity index (χ1v) is 5.75. The lowest BCUT2D eigenvalue weighted by atomic mass is 9.96. The van der Waals surface area contributed by atoms with Gasteiger partial charge >= 0.3 is 0 Å². The highest BCUT2D eigenvalue weighted by Gasteiger charge is 2.17. The zero-order valence-corrected chi connectivity index (χ0v) is 9.58. The van der Waals surface area contributed by atoms with Crippen molar-refractivity contribution in [2.75, 3.05) is 6.61 Å². The molecule has 3 nitrogen and oxygen atoms in total. The molecule has 1 amide bonds. The van der Waals surface area contributed by atoms with Crippen molar-refractivity contribution in [1.82, 2.24) is 0 Å². The van der Waals surface area contributed by atoms with Gasteiger partial charge in [0.25, 0.3) is 0 Å². The number of fused-ring (bicyclic) bond motifs is 1. The van der Waals surface area contributed by atoms with Crippen molar-refractivity contribution >= 4 is 5.91 Å². The van der Waals surface area contributed by atoms with Crippen LogP contribution in [-0.4, -0.2) is 12.5 Å². The molecule has 1 aliphatic rings. The van der Waals surface area contributed by atoms with E-state index in [4.69, 9.17) is 10.5 Å². The number of nitrogens with two attached hydrogens (primary N) is 1. The Morgan fingerprint density at radius 3 is 2.88 bits per heavy atom. The third-order valence-electron chi connectivity index (χ3n) is 3.04. The fourth-order valence-corrected chi connectivity index (χ4v) is 2.18. The SMILES string of the molecule is Cc1ccc(C(N)=O)c2c1OCCCCC2. The normalized spacial score (nSPS) is 15.6. The summed E-state index contributed by atoms with van der Waals surface area (Å²) in [4.78, 5) is 11.3. The first kappa shape index (κ1) is 11.0. The third-order valence-corrected chi connectivity index (χ3v) is 3.04. The molecule has 3 heteroatoms. The van der Waals surface area contributed by atoms with Gasteiger partial charge in [0.1, 0.15) is 5.75 Å². The van der Waals surface area contributed by atoms with Gasteiger partial charge in [0.15, 0.2) is 0 Å². The van der Waals surface area contributed by atoms with Gasteiger partial charge in [0.05, 0.1) is 6.61 Å². The molecule has 0 saturated carbocycles.